The molecule has 0 aliphatic rings. The Morgan fingerprint density at radius 3 is 0.914 bits per heavy atom. The Hall–Kier alpha value is -3.03. The smallest absolute Gasteiger partial charge is 0.248 e. The third-order valence-electron chi connectivity index (χ3n) is 6.19. The predicted octanol–water partition coefficient (Wildman–Crippen LogP) is 3.87. The molecule has 0 aromatic heterocycles. The number of hydrogen-bond acceptors (Lipinski definition) is 6. The number of ether oxygens (including phenoxy) is 6. The zero-order valence-electron chi connectivity index (χ0n) is 21.8. The summed E-state index contributed by atoms with van der Waals surface area (Å²) in [5.41, 5.74) is 2.77. The van der Waals surface area contributed by atoms with Crippen molar-refractivity contribution in [2.24, 2.45) is 0 Å². The molecule has 188 valence electrons. The van der Waals surface area contributed by atoms with Gasteiger partial charge in [0.05, 0.1) is 42.7 Å². The second-order valence-corrected chi connectivity index (χ2v) is 13.0. The standard InChI is InChI=1S/C27H33ClO6Si/c1-16-10-19(13-22(29-4)25(16)32-7)35(28,20-11-17(2)26(33-8)23(14-20)30-5)21-12-18(3)27(34-9)24(15-21)31-6/h10-15H,1-9H3. The average molecular weight is 517 g/mol. The molecular formula is C27H33ClO6Si. The summed E-state index contributed by atoms with van der Waals surface area (Å²) in [6, 6.07) is 12.1. The van der Waals surface area contributed by atoms with Crippen LogP contribution in [0.15, 0.2) is 36.4 Å². The van der Waals surface area contributed by atoms with Crippen LogP contribution in [0.1, 0.15) is 16.7 Å². The zero-order chi connectivity index (χ0) is 25.9. The fourth-order valence-electron chi connectivity index (χ4n) is 4.56. The van der Waals surface area contributed by atoms with Gasteiger partial charge in [0.2, 0.25) is 7.38 Å². The molecule has 6 nitrogen and oxygen atoms in total. The van der Waals surface area contributed by atoms with Gasteiger partial charge < -0.3 is 28.4 Å². The Kier molecular flexibility index (Phi) is 8.13. The zero-order valence-corrected chi connectivity index (χ0v) is 23.5. The first kappa shape index (κ1) is 26.6. The third-order valence-corrected chi connectivity index (χ3v) is 11.4. The van der Waals surface area contributed by atoms with Crippen LogP contribution in [0.4, 0.5) is 0 Å². The molecule has 0 spiro atoms. The summed E-state index contributed by atoms with van der Waals surface area (Å²) in [5, 5.41) is 2.81. The van der Waals surface area contributed by atoms with Gasteiger partial charge in [-0.15, -0.1) is 11.1 Å². The maximum atomic E-state index is 7.85. The normalized spacial score (nSPS) is 11.1. The highest BCUT2D eigenvalue weighted by atomic mass is 35.6. The van der Waals surface area contributed by atoms with Crippen LogP contribution < -0.4 is 44.0 Å². The summed E-state index contributed by atoms with van der Waals surface area (Å²) in [6.07, 6.45) is 0. The van der Waals surface area contributed by atoms with Crippen molar-refractivity contribution in [1.29, 1.82) is 0 Å². The van der Waals surface area contributed by atoms with Crippen LogP contribution >= 0.6 is 11.1 Å². The number of hydrogen-bond donors (Lipinski definition) is 0. The number of rotatable bonds is 9. The molecule has 0 aliphatic heterocycles. The second kappa shape index (κ2) is 10.7. The van der Waals surface area contributed by atoms with Crippen molar-refractivity contribution in [3.8, 4) is 34.5 Å². The Morgan fingerprint density at radius 2 is 0.714 bits per heavy atom. The van der Waals surface area contributed by atoms with Crippen LogP contribution in [-0.2, 0) is 0 Å². The molecule has 0 bridgehead atoms. The van der Waals surface area contributed by atoms with Crippen LogP contribution in [0.2, 0.25) is 0 Å². The van der Waals surface area contributed by atoms with Crippen molar-refractivity contribution in [2.45, 2.75) is 20.8 Å². The first-order valence-electron chi connectivity index (χ1n) is 11.1. The lowest BCUT2D eigenvalue weighted by Gasteiger charge is -2.30. The van der Waals surface area contributed by atoms with E-state index < -0.39 is 7.38 Å². The van der Waals surface area contributed by atoms with Gasteiger partial charge in [-0.25, -0.2) is 0 Å². The minimum Gasteiger partial charge on any atom is -0.493 e. The first-order chi connectivity index (χ1) is 16.7. The monoisotopic (exact) mass is 516 g/mol. The van der Waals surface area contributed by atoms with Gasteiger partial charge in [0, 0.05) is 0 Å². The molecule has 0 radical (unpaired) electrons. The lowest BCUT2D eigenvalue weighted by Crippen LogP contribution is -2.63. The van der Waals surface area contributed by atoms with E-state index in [0.29, 0.717) is 34.5 Å². The van der Waals surface area contributed by atoms with E-state index in [0.717, 1.165) is 32.3 Å². The molecule has 3 aromatic carbocycles. The van der Waals surface area contributed by atoms with Gasteiger partial charge in [-0.3, -0.25) is 0 Å². The Balaban J connectivity index is 2.45. The summed E-state index contributed by atoms with van der Waals surface area (Å²) in [7, 11) is 6.61. The summed E-state index contributed by atoms with van der Waals surface area (Å²) < 4.78 is 33.8. The Labute approximate surface area is 213 Å². The Bertz CT molecular complexity index is 1080. The predicted molar refractivity (Wildman–Crippen MR) is 143 cm³/mol. The van der Waals surface area contributed by atoms with E-state index in [9.17, 15) is 0 Å². The van der Waals surface area contributed by atoms with Crippen molar-refractivity contribution in [3.05, 3.63) is 53.1 Å². The fourth-order valence-corrected chi connectivity index (χ4v) is 8.78. The highest BCUT2D eigenvalue weighted by Gasteiger charge is 2.41. The van der Waals surface area contributed by atoms with E-state index >= 15 is 0 Å². The van der Waals surface area contributed by atoms with Crippen LogP contribution in [0, 0.1) is 20.8 Å². The maximum absolute atomic E-state index is 7.85. The molecule has 35 heavy (non-hydrogen) atoms. The van der Waals surface area contributed by atoms with Crippen molar-refractivity contribution in [1.82, 2.24) is 0 Å². The van der Waals surface area contributed by atoms with E-state index in [4.69, 9.17) is 39.5 Å². The lowest BCUT2D eigenvalue weighted by atomic mass is 10.2. The number of benzene rings is 3. The van der Waals surface area contributed by atoms with Crippen molar-refractivity contribution in [2.75, 3.05) is 42.7 Å². The largest absolute Gasteiger partial charge is 0.493 e. The molecule has 0 N–H and O–H groups in total. The second-order valence-electron chi connectivity index (χ2n) is 8.24. The lowest BCUT2D eigenvalue weighted by molar-refractivity contribution is 0.353. The molecule has 3 rings (SSSR count). The summed E-state index contributed by atoms with van der Waals surface area (Å²) in [6.45, 7) is 5.95. The van der Waals surface area contributed by atoms with E-state index in [2.05, 4.69) is 18.2 Å². The molecule has 0 saturated heterocycles. The molecular weight excluding hydrogens is 484 g/mol. The Morgan fingerprint density at radius 1 is 0.457 bits per heavy atom. The van der Waals surface area contributed by atoms with Gasteiger partial charge in [-0.05, 0) is 71.2 Å². The van der Waals surface area contributed by atoms with Crippen LogP contribution in [0.3, 0.4) is 0 Å². The SMILES string of the molecule is COc1cc([Si](Cl)(c2cc(C)c(OC)c(OC)c2)c2cc(C)c(OC)c(OC)c2)cc(C)c1OC. The highest BCUT2D eigenvalue weighted by molar-refractivity contribution is 7.40. The number of halogens is 1. The molecule has 8 heteroatoms. The topological polar surface area (TPSA) is 55.4 Å². The van der Waals surface area contributed by atoms with Gasteiger partial charge in [-0.1, -0.05) is 18.2 Å². The van der Waals surface area contributed by atoms with Gasteiger partial charge in [-0.2, -0.15) is 0 Å². The highest BCUT2D eigenvalue weighted by Crippen LogP contribution is 2.35. The molecule has 0 unspecified atom stereocenters. The maximum Gasteiger partial charge on any atom is 0.248 e. The minimum absolute atomic E-state index is 0.620. The average Bonchev–Trinajstić information content (AvgIpc) is 2.86. The quantitative estimate of drug-likeness (QED) is 0.244. The third kappa shape index (κ3) is 4.62. The molecule has 0 atom stereocenters. The van der Waals surface area contributed by atoms with Crippen LogP contribution in [0.25, 0.3) is 0 Å². The minimum atomic E-state index is -3.16. The van der Waals surface area contributed by atoms with E-state index in [1.807, 2.05) is 39.0 Å². The summed E-state index contributed by atoms with van der Waals surface area (Å²) in [5.74, 6) is 3.89. The van der Waals surface area contributed by atoms with E-state index in [-0.39, 0.29) is 0 Å². The molecule has 0 heterocycles. The first-order valence-corrected chi connectivity index (χ1v) is 14.1. The van der Waals surface area contributed by atoms with E-state index in [1.165, 1.54) is 0 Å². The van der Waals surface area contributed by atoms with E-state index in [1.54, 1.807) is 42.7 Å². The van der Waals surface area contributed by atoms with Gasteiger partial charge >= 0.3 is 0 Å². The van der Waals surface area contributed by atoms with Gasteiger partial charge in [0.25, 0.3) is 0 Å². The van der Waals surface area contributed by atoms with Crippen LogP contribution in [-0.4, -0.2) is 50.0 Å². The van der Waals surface area contributed by atoms with Crippen molar-refractivity contribution < 1.29 is 28.4 Å². The molecule has 3 aromatic rings. The van der Waals surface area contributed by atoms with Gasteiger partial charge in [0.15, 0.2) is 34.5 Å². The van der Waals surface area contributed by atoms with Crippen molar-refractivity contribution >= 4 is 34.0 Å². The molecule has 0 amide bonds. The summed E-state index contributed by atoms with van der Waals surface area (Å²) >= 11 is 7.85. The number of aryl methyl sites for hydroxylation is 3. The van der Waals surface area contributed by atoms with Crippen molar-refractivity contribution in [3.63, 3.8) is 0 Å². The molecule has 0 aliphatic carbocycles. The van der Waals surface area contributed by atoms with Crippen LogP contribution in [0.5, 0.6) is 34.5 Å². The summed E-state index contributed by atoms with van der Waals surface area (Å²) in [4.78, 5) is 0. The fraction of sp³-hybridized carbons (Fsp3) is 0.333. The molecule has 0 saturated carbocycles. The number of methoxy groups -OCH3 is 6. The molecule has 0 fully saturated rings. The van der Waals surface area contributed by atoms with Gasteiger partial charge in [0.1, 0.15) is 0 Å².